The fraction of sp³-hybridized carbons (Fsp3) is 0.167. The van der Waals surface area contributed by atoms with Crippen LogP contribution in [-0.2, 0) is 22.5 Å². The number of fused-ring (bicyclic) bond motifs is 1. The second kappa shape index (κ2) is 9.15. The van der Waals surface area contributed by atoms with E-state index in [2.05, 4.69) is 22.0 Å². The standard InChI is InChI=1S/C24H21N3O4S/c1-3-15-4-6-16(7-5-15)19-13-32-22-21(19)23(29)27(14-25-22)12-20(28)26-18-10-8-17(9-11-18)24(30)31-2/h4-11,13-14H,3,12H2,1-2H3,(H,26,28). The lowest BCUT2D eigenvalue weighted by molar-refractivity contribution is -0.116. The smallest absolute Gasteiger partial charge is 0.337 e. The van der Waals surface area contributed by atoms with Crippen LogP contribution < -0.4 is 10.9 Å². The number of nitrogens with zero attached hydrogens (tertiary/aromatic N) is 2. The molecule has 4 aromatic rings. The molecule has 2 heterocycles. The van der Waals surface area contributed by atoms with E-state index < -0.39 is 5.97 Å². The van der Waals surface area contributed by atoms with Gasteiger partial charge >= 0.3 is 5.97 Å². The lowest BCUT2D eigenvalue weighted by atomic mass is 10.0. The zero-order valence-electron chi connectivity index (χ0n) is 17.6. The Morgan fingerprint density at radius 1 is 1.09 bits per heavy atom. The monoisotopic (exact) mass is 447 g/mol. The minimum atomic E-state index is -0.454. The topological polar surface area (TPSA) is 90.3 Å². The molecule has 32 heavy (non-hydrogen) atoms. The first-order valence-corrected chi connectivity index (χ1v) is 10.9. The number of ether oxygens (including phenoxy) is 1. The van der Waals surface area contributed by atoms with Crippen LogP contribution in [0.5, 0.6) is 0 Å². The number of benzene rings is 2. The van der Waals surface area contributed by atoms with E-state index in [1.807, 2.05) is 29.6 Å². The quantitative estimate of drug-likeness (QED) is 0.449. The molecule has 1 N–H and O–H groups in total. The van der Waals surface area contributed by atoms with Gasteiger partial charge in [-0.15, -0.1) is 11.3 Å². The van der Waals surface area contributed by atoms with E-state index in [0.717, 1.165) is 17.5 Å². The van der Waals surface area contributed by atoms with Crippen molar-refractivity contribution in [3.05, 3.63) is 81.7 Å². The number of aryl methyl sites for hydroxylation is 1. The predicted octanol–water partition coefficient (Wildman–Crippen LogP) is 4.11. The first-order chi connectivity index (χ1) is 15.5. The van der Waals surface area contributed by atoms with Gasteiger partial charge in [0.05, 0.1) is 24.4 Å². The van der Waals surface area contributed by atoms with E-state index in [1.165, 1.54) is 34.9 Å². The van der Waals surface area contributed by atoms with Crippen molar-refractivity contribution in [2.24, 2.45) is 0 Å². The van der Waals surface area contributed by atoms with Gasteiger partial charge in [0.15, 0.2) is 0 Å². The van der Waals surface area contributed by atoms with Gasteiger partial charge in [-0.05, 0) is 41.8 Å². The summed E-state index contributed by atoms with van der Waals surface area (Å²) >= 11 is 1.41. The molecular weight excluding hydrogens is 426 g/mol. The van der Waals surface area contributed by atoms with Crippen LogP contribution in [0.25, 0.3) is 21.3 Å². The third kappa shape index (κ3) is 4.31. The fourth-order valence-electron chi connectivity index (χ4n) is 3.38. The van der Waals surface area contributed by atoms with Gasteiger partial charge in [0, 0.05) is 16.6 Å². The molecule has 0 bridgehead atoms. The molecule has 0 saturated carbocycles. The van der Waals surface area contributed by atoms with Crippen molar-refractivity contribution in [1.29, 1.82) is 0 Å². The summed E-state index contributed by atoms with van der Waals surface area (Å²) in [4.78, 5) is 42.2. The third-order valence-corrected chi connectivity index (χ3v) is 6.02. The number of amides is 1. The average Bonchev–Trinajstić information content (AvgIpc) is 3.26. The number of anilines is 1. The molecule has 4 rings (SSSR count). The molecule has 2 aromatic carbocycles. The van der Waals surface area contributed by atoms with Crippen LogP contribution in [0.2, 0.25) is 0 Å². The number of thiophene rings is 1. The number of carbonyl (C=O) groups is 2. The highest BCUT2D eigenvalue weighted by atomic mass is 32.1. The number of hydrogen-bond donors (Lipinski definition) is 1. The number of aromatic nitrogens is 2. The van der Waals surface area contributed by atoms with E-state index >= 15 is 0 Å². The van der Waals surface area contributed by atoms with E-state index in [9.17, 15) is 14.4 Å². The molecule has 7 nitrogen and oxygen atoms in total. The fourth-order valence-corrected chi connectivity index (χ4v) is 4.28. The van der Waals surface area contributed by atoms with Gasteiger partial charge in [-0.2, -0.15) is 0 Å². The van der Waals surface area contributed by atoms with Gasteiger partial charge < -0.3 is 10.1 Å². The minimum absolute atomic E-state index is 0.176. The average molecular weight is 448 g/mol. The predicted molar refractivity (Wildman–Crippen MR) is 125 cm³/mol. The maximum absolute atomic E-state index is 13.1. The van der Waals surface area contributed by atoms with Crippen LogP contribution in [0, 0.1) is 0 Å². The Balaban J connectivity index is 1.56. The number of methoxy groups -OCH3 is 1. The Morgan fingerprint density at radius 2 is 1.81 bits per heavy atom. The summed E-state index contributed by atoms with van der Waals surface area (Å²) in [6.07, 6.45) is 2.34. The Labute approximate surface area is 188 Å². The second-order valence-electron chi connectivity index (χ2n) is 7.17. The molecule has 0 fully saturated rings. The molecule has 0 spiro atoms. The van der Waals surface area contributed by atoms with Crippen molar-refractivity contribution >= 4 is 39.1 Å². The van der Waals surface area contributed by atoms with Crippen molar-refractivity contribution in [3.63, 3.8) is 0 Å². The maximum atomic E-state index is 13.1. The molecule has 0 atom stereocenters. The van der Waals surface area contributed by atoms with Crippen molar-refractivity contribution in [1.82, 2.24) is 9.55 Å². The number of esters is 1. The van der Waals surface area contributed by atoms with E-state index in [1.54, 1.807) is 24.3 Å². The summed E-state index contributed by atoms with van der Waals surface area (Å²) < 4.78 is 5.96. The maximum Gasteiger partial charge on any atom is 0.337 e. The van der Waals surface area contributed by atoms with E-state index in [0.29, 0.717) is 21.5 Å². The van der Waals surface area contributed by atoms with Crippen LogP contribution in [0.3, 0.4) is 0 Å². The summed E-state index contributed by atoms with van der Waals surface area (Å²) in [5, 5.41) is 5.16. The number of hydrogen-bond acceptors (Lipinski definition) is 6. The van der Waals surface area contributed by atoms with Gasteiger partial charge in [-0.1, -0.05) is 31.2 Å². The molecule has 2 aromatic heterocycles. The summed E-state index contributed by atoms with van der Waals surface area (Å²) in [6.45, 7) is 1.92. The minimum Gasteiger partial charge on any atom is -0.465 e. The van der Waals surface area contributed by atoms with Crippen molar-refractivity contribution < 1.29 is 14.3 Å². The molecular formula is C24H21N3O4S. The zero-order valence-corrected chi connectivity index (χ0v) is 18.4. The SMILES string of the molecule is CCc1ccc(-c2csc3ncn(CC(=O)Nc4ccc(C(=O)OC)cc4)c(=O)c23)cc1. The van der Waals surface area contributed by atoms with Gasteiger partial charge in [-0.3, -0.25) is 14.2 Å². The highest BCUT2D eigenvalue weighted by Gasteiger charge is 2.15. The Morgan fingerprint density at radius 3 is 2.47 bits per heavy atom. The molecule has 162 valence electrons. The molecule has 1 amide bonds. The van der Waals surface area contributed by atoms with Crippen LogP contribution in [-0.4, -0.2) is 28.5 Å². The van der Waals surface area contributed by atoms with E-state index in [4.69, 9.17) is 0 Å². The molecule has 0 radical (unpaired) electrons. The number of carbonyl (C=O) groups excluding carboxylic acids is 2. The Hall–Kier alpha value is -3.78. The normalized spacial score (nSPS) is 10.8. The van der Waals surface area contributed by atoms with Gasteiger partial charge in [0.25, 0.3) is 5.56 Å². The van der Waals surface area contributed by atoms with Crippen LogP contribution >= 0.6 is 11.3 Å². The molecule has 0 unspecified atom stereocenters. The van der Waals surface area contributed by atoms with Gasteiger partial charge in [0.1, 0.15) is 11.4 Å². The summed E-state index contributed by atoms with van der Waals surface area (Å²) in [5.41, 5.74) is 3.62. The van der Waals surface area contributed by atoms with Crippen molar-refractivity contribution in [2.45, 2.75) is 19.9 Å². The highest BCUT2D eigenvalue weighted by Crippen LogP contribution is 2.30. The summed E-state index contributed by atoms with van der Waals surface area (Å²) in [6, 6.07) is 14.4. The molecule has 0 aliphatic rings. The van der Waals surface area contributed by atoms with Crippen LogP contribution in [0.4, 0.5) is 5.69 Å². The Kier molecular flexibility index (Phi) is 6.13. The Bertz CT molecular complexity index is 1340. The van der Waals surface area contributed by atoms with E-state index in [-0.39, 0.29) is 18.0 Å². The third-order valence-electron chi connectivity index (χ3n) is 5.14. The second-order valence-corrected chi connectivity index (χ2v) is 8.03. The van der Waals surface area contributed by atoms with Crippen LogP contribution in [0.15, 0.2) is 65.0 Å². The van der Waals surface area contributed by atoms with Gasteiger partial charge in [0.2, 0.25) is 5.91 Å². The lowest BCUT2D eigenvalue weighted by Gasteiger charge is -2.08. The van der Waals surface area contributed by atoms with Crippen LogP contribution in [0.1, 0.15) is 22.8 Å². The number of nitrogens with one attached hydrogen (secondary N) is 1. The molecule has 0 aliphatic carbocycles. The summed E-state index contributed by atoms with van der Waals surface area (Å²) in [7, 11) is 1.31. The first kappa shape index (κ1) is 21.5. The first-order valence-electron chi connectivity index (χ1n) is 10.0. The zero-order chi connectivity index (χ0) is 22.7. The van der Waals surface area contributed by atoms with Crippen molar-refractivity contribution in [2.75, 3.05) is 12.4 Å². The van der Waals surface area contributed by atoms with Crippen molar-refractivity contribution in [3.8, 4) is 11.1 Å². The highest BCUT2D eigenvalue weighted by molar-refractivity contribution is 7.17. The van der Waals surface area contributed by atoms with Gasteiger partial charge in [-0.25, -0.2) is 9.78 Å². The summed E-state index contributed by atoms with van der Waals surface area (Å²) in [5.74, 6) is -0.826. The lowest BCUT2D eigenvalue weighted by Crippen LogP contribution is -2.27. The molecule has 0 aliphatic heterocycles. The number of rotatable bonds is 6. The molecule has 0 saturated heterocycles. The molecule has 8 heteroatoms. The largest absolute Gasteiger partial charge is 0.465 e.